The first-order valence-electron chi connectivity index (χ1n) is 8.92. The molecule has 1 aliphatic heterocycles. The number of carbonyl (C=O) groups is 2. The van der Waals surface area contributed by atoms with Gasteiger partial charge in [0.25, 0.3) is 5.91 Å². The summed E-state index contributed by atoms with van der Waals surface area (Å²) in [6.07, 6.45) is -3.88. The number of benzene rings is 1. The Hall–Kier alpha value is -2.40. The Kier molecular flexibility index (Phi) is 8.02. The maximum absolute atomic E-state index is 14.8. The number of halogens is 5. The van der Waals surface area contributed by atoms with E-state index in [-0.39, 0.29) is 23.7 Å². The summed E-state index contributed by atoms with van der Waals surface area (Å²) in [7, 11) is 3.24. The molecule has 0 saturated carbocycles. The van der Waals surface area contributed by atoms with E-state index in [1.807, 2.05) is 7.05 Å². The minimum atomic E-state index is -4.94. The zero-order valence-electron chi connectivity index (χ0n) is 16.3. The lowest BCUT2D eigenvalue weighted by Gasteiger charge is -2.35. The molecule has 0 atom stereocenters. The van der Waals surface area contributed by atoms with Gasteiger partial charge in [0.05, 0.1) is 22.5 Å². The molecule has 1 aliphatic rings. The molecule has 0 bridgehead atoms. The summed E-state index contributed by atoms with van der Waals surface area (Å²) in [5.41, 5.74) is -2.11. The predicted molar refractivity (Wildman–Crippen MR) is 110 cm³/mol. The molecule has 30 heavy (non-hydrogen) atoms. The fourth-order valence-electron chi connectivity index (χ4n) is 3.02. The van der Waals surface area contributed by atoms with E-state index in [0.717, 1.165) is 6.20 Å². The Bertz CT molecular complexity index is 863. The molecule has 2 rings (SSSR count). The number of allylic oxidation sites excluding steroid dienone is 1. The zero-order valence-corrected chi connectivity index (χ0v) is 17.9. The third kappa shape index (κ3) is 5.82. The van der Waals surface area contributed by atoms with Gasteiger partial charge in [-0.25, -0.2) is 4.39 Å². The summed E-state index contributed by atoms with van der Waals surface area (Å²) in [5.74, 6) is -1.76. The molecular weight excluding hydrogens is 472 g/mol. The van der Waals surface area contributed by atoms with Gasteiger partial charge in [-0.05, 0) is 25.3 Å². The van der Waals surface area contributed by atoms with Crippen LogP contribution in [0.3, 0.4) is 0 Å². The highest BCUT2D eigenvalue weighted by Crippen LogP contribution is 2.35. The van der Waals surface area contributed by atoms with Gasteiger partial charge < -0.3 is 20.4 Å². The smallest absolute Gasteiger partial charge is 0.393 e. The topological polar surface area (TPSA) is 64.7 Å². The number of rotatable bonds is 6. The average molecular weight is 493 g/mol. The number of alkyl halides is 3. The van der Waals surface area contributed by atoms with Gasteiger partial charge in [0, 0.05) is 43.9 Å². The fraction of sp³-hybridized carbons (Fsp3) is 0.368. The summed E-state index contributed by atoms with van der Waals surface area (Å²) in [4.78, 5) is 27.2. The minimum Gasteiger partial charge on any atom is -0.393 e. The number of nitrogens with zero attached hydrogens (tertiary/aromatic N) is 2. The Morgan fingerprint density at radius 1 is 1.20 bits per heavy atom. The Labute approximate surface area is 179 Å². The third-order valence-electron chi connectivity index (χ3n) is 4.46. The maximum Gasteiger partial charge on any atom is 0.417 e. The summed E-state index contributed by atoms with van der Waals surface area (Å²) in [6.45, 7) is 2.29. The number of piperazine rings is 1. The molecule has 0 aromatic heterocycles. The average Bonchev–Trinajstić information content (AvgIpc) is 2.64. The molecule has 1 aromatic rings. The molecule has 11 heteroatoms. The van der Waals surface area contributed by atoms with Crippen molar-refractivity contribution in [3.63, 3.8) is 0 Å². The second-order valence-electron chi connectivity index (χ2n) is 6.59. The van der Waals surface area contributed by atoms with Crippen molar-refractivity contribution in [3.05, 3.63) is 45.8 Å². The molecule has 0 aliphatic carbocycles. The van der Waals surface area contributed by atoms with Crippen LogP contribution in [-0.4, -0.2) is 63.5 Å². The van der Waals surface area contributed by atoms with E-state index in [0.29, 0.717) is 30.7 Å². The molecule has 1 saturated heterocycles. The molecule has 0 spiro atoms. The van der Waals surface area contributed by atoms with E-state index < -0.39 is 29.0 Å². The van der Waals surface area contributed by atoms with Crippen molar-refractivity contribution in [1.29, 1.82) is 0 Å². The van der Waals surface area contributed by atoms with Gasteiger partial charge in [0.15, 0.2) is 0 Å². The van der Waals surface area contributed by atoms with Crippen molar-refractivity contribution in [1.82, 2.24) is 10.2 Å². The molecule has 0 radical (unpaired) electrons. The molecule has 1 amide bonds. The van der Waals surface area contributed by atoms with Crippen molar-refractivity contribution in [3.8, 4) is 0 Å². The number of amides is 1. The minimum absolute atomic E-state index is 0.0195. The van der Waals surface area contributed by atoms with Crippen LogP contribution in [0.1, 0.15) is 0 Å². The monoisotopic (exact) mass is 492 g/mol. The first-order chi connectivity index (χ1) is 14.1. The molecular formula is C19H21BrF4N4O2. The SMILES string of the molecule is CN/C=C(C(=O)Nc1cc(Br)cc(F)c1N1CCN(C)CC1)\C(=C/C=O)C(F)(F)F. The van der Waals surface area contributed by atoms with Crippen LogP contribution in [-0.2, 0) is 9.59 Å². The van der Waals surface area contributed by atoms with Crippen LogP contribution >= 0.6 is 15.9 Å². The number of carbonyl (C=O) groups excluding carboxylic acids is 2. The number of hydrogen-bond donors (Lipinski definition) is 2. The van der Waals surface area contributed by atoms with Gasteiger partial charge >= 0.3 is 6.18 Å². The highest BCUT2D eigenvalue weighted by atomic mass is 79.9. The lowest BCUT2D eigenvalue weighted by atomic mass is 10.0. The number of likely N-dealkylation sites (N-methyl/N-ethyl adjacent to an activating group) is 1. The molecule has 1 fully saturated rings. The van der Waals surface area contributed by atoms with E-state index in [1.54, 1.807) is 4.90 Å². The van der Waals surface area contributed by atoms with Crippen LogP contribution in [0.4, 0.5) is 28.9 Å². The molecule has 2 N–H and O–H groups in total. The fourth-order valence-corrected chi connectivity index (χ4v) is 3.45. The number of hydrogen-bond acceptors (Lipinski definition) is 5. The van der Waals surface area contributed by atoms with E-state index in [9.17, 15) is 27.2 Å². The summed E-state index contributed by atoms with van der Waals surface area (Å²) >= 11 is 3.14. The van der Waals surface area contributed by atoms with Crippen LogP contribution in [0.2, 0.25) is 0 Å². The summed E-state index contributed by atoms with van der Waals surface area (Å²) in [5, 5.41) is 4.74. The van der Waals surface area contributed by atoms with Crippen molar-refractivity contribution in [2.24, 2.45) is 0 Å². The summed E-state index contributed by atoms with van der Waals surface area (Å²) in [6, 6.07) is 2.64. The first kappa shape index (κ1) is 23.9. The van der Waals surface area contributed by atoms with Gasteiger partial charge in [0.2, 0.25) is 0 Å². The molecule has 1 heterocycles. The van der Waals surface area contributed by atoms with Gasteiger partial charge in [-0.15, -0.1) is 0 Å². The standard InChI is InChI=1S/C19H21BrF4N4O2/c1-25-11-13(14(3-8-29)19(22,23)24)18(30)26-16-10-12(20)9-15(21)17(16)28-6-4-27(2)5-7-28/h3,8-11,25H,4-7H2,1-2H3,(H,26,30)/b13-11+,14-3+. The van der Waals surface area contributed by atoms with Crippen molar-refractivity contribution < 1.29 is 27.2 Å². The van der Waals surface area contributed by atoms with E-state index in [4.69, 9.17) is 0 Å². The van der Waals surface area contributed by atoms with Gasteiger partial charge in [0.1, 0.15) is 12.1 Å². The third-order valence-corrected chi connectivity index (χ3v) is 4.92. The van der Waals surface area contributed by atoms with Gasteiger partial charge in [-0.3, -0.25) is 9.59 Å². The highest BCUT2D eigenvalue weighted by molar-refractivity contribution is 9.10. The van der Waals surface area contributed by atoms with Crippen molar-refractivity contribution in [2.75, 3.05) is 50.5 Å². The second kappa shape index (κ2) is 10.1. The Morgan fingerprint density at radius 3 is 2.37 bits per heavy atom. The lowest BCUT2D eigenvalue weighted by Crippen LogP contribution is -2.45. The lowest BCUT2D eigenvalue weighted by molar-refractivity contribution is -0.115. The molecule has 0 unspecified atom stereocenters. The quantitative estimate of drug-likeness (QED) is 0.276. The predicted octanol–water partition coefficient (Wildman–Crippen LogP) is 3.07. The Balaban J connectivity index is 2.44. The second-order valence-corrected chi connectivity index (χ2v) is 7.50. The molecule has 164 valence electrons. The van der Waals surface area contributed by atoms with Crippen LogP contribution in [0.15, 0.2) is 40.0 Å². The van der Waals surface area contributed by atoms with Crippen LogP contribution in [0.5, 0.6) is 0 Å². The van der Waals surface area contributed by atoms with E-state index in [1.165, 1.54) is 19.2 Å². The number of nitrogens with one attached hydrogen (secondary N) is 2. The van der Waals surface area contributed by atoms with Crippen LogP contribution in [0, 0.1) is 5.82 Å². The highest BCUT2D eigenvalue weighted by Gasteiger charge is 2.38. The number of anilines is 2. The molecule has 6 nitrogen and oxygen atoms in total. The Morgan fingerprint density at radius 2 is 1.83 bits per heavy atom. The van der Waals surface area contributed by atoms with Crippen molar-refractivity contribution >= 4 is 39.5 Å². The number of aldehydes is 1. The van der Waals surface area contributed by atoms with Gasteiger partial charge in [-0.1, -0.05) is 15.9 Å². The first-order valence-corrected chi connectivity index (χ1v) is 9.72. The van der Waals surface area contributed by atoms with Crippen LogP contribution < -0.4 is 15.5 Å². The molecule has 1 aromatic carbocycles. The summed E-state index contributed by atoms with van der Waals surface area (Å²) < 4.78 is 55.1. The van der Waals surface area contributed by atoms with E-state index >= 15 is 0 Å². The maximum atomic E-state index is 14.8. The largest absolute Gasteiger partial charge is 0.417 e. The van der Waals surface area contributed by atoms with Gasteiger partial charge in [-0.2, -0.15) is 13.2 Å². The zero-order chi connectivity index (χ0) is 22.5. The normalized spacial score (nSPS) is 16.4. The van der Waals surface area contributed by atoms with Crippen molar-refractivity contribution in [2.45, 2.75) is 6.18 Å². The van der Waals surface area contributed by atoms with E-state index in [2.05, 4.69) is 31.5 Å². The van der Waals surface area contributed by atoms with Crippen LogP contribution in [0.25, 0.3) is 0 Å².